The molecule has 0 saturated carbocycles. The summed E-state index contributed by atoms with van der Waals surface area (Å²) in [4.78, 5) is 4.29. The summed E-state index contributed by atoms with van der Waals surface area (Å²) in [6.07, 6.45) is 1.84. The predicted octanol–water partition coefficient (Wildman–Crippen LogP) is 3.60. The van der Waals surface area contributed by atoms with Crippen molar-refractivity contribution in [3.8, 4) is 0 Å². The third kappa shape index (κ3) is 2.76. The topological polar surface area (TPSA) is 24.9 Å². The van der Waals surface area contributed by atoms with Gasteiger partial charge in [-0.05, 0) is 59.2 Å². The van der Waals surface area contributed by atoms with Gasteiger partial charge in [-0.15, -0.1) is 0 Å². The molecule has 0 aliphatic carbocycles. The standard InChI is InChI=1S/C14H14BrFN2/c1-9-3-4-11(8-18-9)14(17-2)10-5-6-13(16)12(15)7-10/h3-8,14,17H,1-2H3. The molecule has 0 radical (unpaired) electrons. The summed E-state index contributed by atoms with van der Waals surface area (Å²) in [6, 6.07) is 9.04. The fraction of sp³-hybridized carbons (Fsp3) is 0.214. The summed E-state index contributed by atoms with van der Waals surface area (Å²) in [5.41, 5.74) is 3.03. The molecule has 1 aromatic carbocycles. The molecule has 1 atom stereocenters. The maximum absolute atomic E-state index is 13.2. The van der Waals surface area contributed by atoms with Gasteiger partial charge < -0.3 is 5.32 Å². The Hall–Kier alpha value is -1.26. The van der Waals surface area contributed by atoms with Gasteiger partial charge in [0.05, 0.1) is 10.5 Å². The summed E-state index contributed by atoms with van der Waals surface area (Å²) >= 11 is 3.21. The molecule has 1 unspecified atom stereocenters. The first-order chi connectivity index (χ1) is 8.61. The maximum atomic E-state index is 13.2. The molecule has 2 aromatic rings. The number of aryl methyl sites for hydroxylation is 1. The van der Waals surface area contributed by atoms with Gasteiger partial charge in [0.15, 0.2) is 0 Å². The van der Waals surface area contributed by atoms with E-state index in [-0.39, 0.29) is 11.9 Å². The number of hydrogen-bond donors (Lipinski definition) is 1. The van der Waals surface area contributed by atoms with E-state index in [1.807, 2.05) is 32.3 Å². The Morgan fingerprint density at radius 2 is 1.94 bits per heavy atom. The highest BCUT2D eigenvalue weighted by molar-refractivity contribution is 9.10. The van der Waals surface area contributed by atoms with E-state index in [0.717, 1.165) is 16.8 Å². The molecule has 94 valence electrons. The van der Waals surface area contributed by atoms with E-state index in [1.165, 1.54) is 6.07 Å². The van der Waals surface area contributed by atoms with Crippen LogP contribution in [0.25, 0.3) is 0 Å². The molecule has 2 nitrogen and oxygen atoms in total. The zero-order valence-electron chi connectivity index (χ0n) is 10.2. The molecule has 0 saturated heterocycles. The molecule has 0 aliphatic heterocycles. The van der Waals surface area contributed by atoms with E-state index in [9.17, 15) is 4.39 Å². The average molecular weight is 309 g/mol. The highest BCUT2D eigenvalue weighted by Crippen LogP contribution is 2.25. The summed E-state index contributed by atoms with van der Waals surface area (Å²) in [5, 5.41) is 3.22. The largest absolute Gasteiger partial charge is 0.309 e. The lowest BCUT2D eigenvalue weighted by molar-refractivity contribution is 0.616. The smallest absolute Gasteiger partial charge is 0.137 e. The van der Waals surface area contributed by atoms with E-state index in [4.69, 9.17) is 0 Å². The van der Waals surface area contributed by atoms with Crippen LogP contribution in [0.5, 0.6) is 0 Å². The molecule has 2 rings (SSSR count). The molecular weight excluding hydrogens is 295 g/mol. The van der Waals surface area contributed by atoms with Crippen molar-refractivity contribution in [1.29, 1.82) is 0 Å². The summed E-state index contributed by atoms with van der Waals surface area (Å²) in [6.45, 7) is 1.95. The molecule has 0 spiro atoms. The summed E-state index contributed by atoms with van der Waals surface area (Å²) < 4.78 is 13.7. The Morgan fingerprint density at radius 1 is 1.22 bits per heavy atom. The Labute approximate surface area is 114 Å². The quantitative estimate of drug-likeness (QED) is 0.937. The second kappa shape index (κ2) is 5.59. The lowest BCUT2D eigenvalue weighted by Crippen LogP contribution is -2.18. The first kappa shape index (κ1) is 13.2. The van der Waals surface area contributed by atoms with Crippen molar-refractivity contribution < 1.29 is 4.39 Å². The lowest BCUT2D eigenvalue weighted by atomic mass is 10.0. The number of aromatic nitrogens is 1. The molecule has 1 heterocycles. The molecule has 1 aromatic heterocycles. The van der Waals surface area contributed by atoms with Crippen LogP contribution in [0.15, 0.2) is 41.0 Å². The van der Waals surface area contributed by atoms with E-state index < -0.39 is 0 Å². The molecule has 18 heavy (non-hydrogen) atoms. The molecule has 4 heteroatoms. The van der Waals surface area contributed by atoms with Crippen LogP contribution >= 0.6 is 15.9 Å². The van der Waals surface area contributed by atoms with Crippen molar-refractivity contribution in [3.63, 3.8) is 0 Å². The minimum absolute atomic E-state index is 0.00926. The van der Waals surface area contributed by atoms with Gasteiger partial charge in [-0.3, -0.25) is 4.98 Å². The van der Waals surface area contributed by atoms with Crippen LogP contribution in [-0.4, -0.2) is 12.0 Å². The molecule has 0 aliphatic rings. The number of halogens is 2. The number of hydrogen-bond acceptors (Lipinski definition) is 2. The summed E-state index contributed by atoms with van der Waals surface area (Å²) in [7, 11) is 1.88. The highest BCUT2D eigenvalue weighted by atomic mass is 79.9. The number of benzene rings is 1. The van der Waals surface area contributed by atoms with Crippen molar-refractivity contribution in [2.75, 3.05) is 7.05 Å². The van der Waals surface area contributed by atoms with Gasteiger partial charge in [-0.1, -0.05) is 12.1 Å². The van der Waals surface area contributed by atoms with Crippen LogP contribution in [0, 0.1) is 12.7 Å². The molecule has 0 fully saturated rings. The SMILES string of the molecule is CNC(c1ccc(C)nc1)c1ccc(F)c(Br)c1. The third-order valence-corrected chi connectivity index (χ3v) is 3.44. The lowest BCUT2D eigenvalue weighted by Gasteiger charge is -2.17. The zero-order chi connectivity index (χ0) is 13.1. The molecular formula is C14H14BrFN2. The van der Waals surface area contributed by atoms with Gasteiger partial charge in [0.1, 0.15) is 5.82 Å². The van der Waals surface area contributed by atoms with Gasteiger partial charge in [0.2, 0.25) is 0 Å². The molecule has 0 amide bonds. The normalized spacial score (nSPS) is 12.4. The number of nitrogens with one attached hydrogen (secondary N) is 1. The Morgan fingerprint density at radius 3 is 2.50 bits per heavy atom. The highest BCUT2D eigenvalue weighted by Gasteiger charge is 2.13. The average Bonchev–Trinajstić information content (AvgIpc) is 2.37. The maximum Gasteiger partial charge on any atom is 0.137 e. The first-order valence-corrected chi connectivity index (χ1v) is 6.46. The van der Waals surface area contributed by atoms with Gasteiger partial charge in [-0.2, -0.15) is 0 Å². The zero-order valence-corrected chi connectivity index (χ0v) is 11.8. The second-order valence-electron chi connectivity index (χ2n) is 4.13. The van der Waals surface area contributed by atoms with E-state index >= 15 is 0 Å². The van der Waals surface area contributed by atoms with Crippen molar-refractivity contribution in [1.82, 2.24) is 10.3 Å². The van der Waals surface area contributed by atoms with Crippen LogP contribution in [0.3, 0.4) is 0 Å². The number of nitrogens with zero attached hydrogens (tertiary/aromatic N) is 1. The second-order valence-corrected chi connectivity index (χ2v) is 4.98. The van der Waals surface area contributed by atoms with Crippen LogP contribution in [-0.2, 0) is 0 Å². The fourth-order valence-corrected chi connectivity index (χ4v) is 2.26. The van der Waals surface area contributed by atoms with Gasteiger partial charge in [-0.25, -0.2) is 4.39 Å². The Kier molecular flexibility index (Phi) is 4.09. The van der Waals surface area contributed by atoms with Crippen LogP contribution in [0.1, 0.15) is 22.9 Å². The van der Waals surface area contributed by atoms with Crippen LogP contribution in [0.4, 0.5) is 4.39 Å². The van der Waals surface area contributed by atoms with Gasteiger partial charge in [0, 0.05) is 11.9 Å². The monoisotopic (exact) mass is 308 g/mol. The number of rotatable bonds is 3. The van der Waals surface area contributed by atoms with E-state index in [1.54, 1.807) is 12.1 Å². The Bertz CT molecular complexity index is 540. The van der Waals surface area contributed by atoms with E-state index in [0.29, 0.717) is 4.47 Å². The minimum atomic E-state index is -0.254. The first-order valence-electron chi connectivity index (χ1n) is 5.66. The van der Waals surface area contributed by atoms with Crippen molar-refractivity contribution >= 4 is 15.9 Å². The Balaban J connectivity index is 2.38. The van der Waals surface area contributed by atoms with Crippen molar-refractivity contribution in [2.45, 2.75) is 13.0 Å². The van der Waals surface area contributed by atoms with Crippen LogP contribution in [0.2, 0.25) is 0 Å². The molecule has 1 N–H and O–H groups in total. The number of pyridine rings is 1. The van der Waals surface area contributed by atoms with Gasteiger partial charge >= 0.3 is 0 Å². The van der Waals surface area contributed by atoms with Crippen molar-refractivity contribution in [3.05, 3.63) is 63.6 Å². The predicted molar refractivity (Wildman–Crippen MR) is 74.0 cm³/mol. The van der Waals surface area contributed by atoms with Gasteiger partial charge in [0.25, 0.3) is 0 Å². The fourth-order valence-electron chi connectivity index (χ4n) is 1.87. The van der Waals surface area contributed by atoms with E-state index in [2.05, 4.69) is 26.2 Å². The van der Waals surface area contributed by atoms with Crippen molar-refractivity contribution in [2.24, 2.45) is 0 Å². The molecule has 0 bridgehead atoms. The van der Waals surface area contributed by atoms with Crippen LogP contribution < -0.4 is 5.32 Å². The minimum Gasteiger partial charge on any atom is -0.309 e. The third-order valence-electron chi connectivity index (χ3n) is 2.83. The summed E-state index contributed by atoms with van der Waals surface area (Å²) in [5.74, 6) is -0.254.